The minimum Gasteiger partial charge on any atom is -0.383 e. The summed E-state index contributed by atoms with van der Waals surface area (Å²) in [5.74, 6) is 1.04. The van der Waals surface area contributed by atoms with Crippen LogP contribution in [0.15, 0.2) is 36.8 Å². The lowest BCUT2D eigenvalue weighted by atomic mass is 10.2. The second-order valence-electron chi connectivity index (χ2n) is 3.87. The Hall–Kier alpha value is -2.43. The first kappa shape index (κ1) is 9.77. The molecule has 2 aromatic heterocycles. The lowest BCUT2D eigenvalue weighted by Gasteiger charge is -2.02. The van der Waals surface area contributed by atoms with Crippen molar-refractivity contribution < 1.29 is 0 Å². The zero-order chi connectivity index (χ0) is 11.8. The van der Waals surface area contributed by atoms with Gasteiger partial charge in [0.2, 0.25) is 0 Å². The molecule has 84 valence electrons. The van der Waals surface area contributed by atoms with Gasteiger partial charge in [-0.15, -0.1) is 0 Å². The number of hydrogen-bond donors (Lipinski definition) is 1. The number of nitrogens with zero attached hydrogens (tertiary/aromatic N) is 4. The first-order valence-corrected chi connectivity index (χ1v) is 5.24. The summed E-state index contributed by atoms with van der Waals surface area (Å²) in [4.78, 5) is 12.9. The number of benzene rings is 1. The molecule has 2 N–H and O–H groups in total. The number of nitrogen functional groups attached to an aromatic ring is 1. The fraction of sp³-hybridized carbons (Fsp3) is 0.0833. The smallest absolute Gasteiger partial charge is 0.182 e. The quantitative estimate of drug-likeness (QED) is 0.683. The predicted molar refractivity (Wildman–Crippen MR) is 66.2 cm³/mol. The fourth-order valence-electron chi connectivity index (χ4n) is 1.74. The van der Waals surface area contributed by atoms with Crippen molar-refractivity contribution >= 4 is 16.7 Å². The van der Waals surface area contributed by atoms with E-state index in [2.05, 4.69) is 15.0 Å². The van der Waals surface area contributed by atoms with Gasteiger partial charge in [0.1, 0.15) is 11.5 Å². The number of hydrogen-bond acceptors (Lipinski definition) is 4. The van der Waals surface area contributed by atoms with E-state index in [4.69, 9.17) is 5.73 Å². The fourth-order valence-corrected chi connectivity index (χ4v) is 1.74. The lowest BCUT2D eigenvalue weighted by molar-refractivity contribution is 0.913. The molecule has 0 aliphatic heterocycles. The monoisotopic (exact) mass is 225 g/mol. The molecule has 0 aliphatic carbocycles. The summed E-state index contributed by atoms with van der Waals surface area (Å²) in [5.41, 5.74) is 7.48. The van der Waals surface area contributed by atoms with Crippen LogP contribution in [0.25, 0.3) is 22.4 Å². The van der Waals surface area contributed by atoms with Crippen LogP contribution in [0.4, 0.5) is 5.82 Å². The Kier molecular flexibility index (Phi) is 2.04. The van der Waals surface area contributed by atoms with Crippen LogP contribution in [0.3, 0.4) is 0 Å². The molecule has 0 saturated carbocycles. The zero-order valence-corrected chi connectivity index (χ0v) is 9.33. The van der Waals surface area contributed by atoms with Gasteiger partial charge in [0.15, 0.2) is 5.82 Å². The molecule has 1 aromatic carbocycles. The van der Waals surface area contributed by atoms with E-state index in [1.165, 1.54) is 0 Å². The van der Waals surface area contributed by atoms with Crippen molar-refractivity contribution in [3.05, 3.63) is 36.8 Å². The van der Waals surface area contributed by atoms with Crippen molar-refractivity contribution in [1.29, 1.82) is 0 Å². The molecule has 17 heavy (non-hydrogen) atoms. The Morgan fingerprint density at radius 2 is 2.00 bits per heavy atom. The van der Waals surface area contributed by atoms with Gasteiger partial charge in [-0.2, -0.15) is 0 Å². The van der Waals surface area contributed by atoms with E-state index in [0.717, 1.165) is 16.6 Å². The number of aryl methyl sites for hydroxylation is 1. The number of para-hydroxylation sites is 1. The molecule has 2 heterocycles. The molecule has 0 spiro atoms. The molecule has 0 amide bonds. The minimum absolute atomic E-state index is 0.483. The predicted octanol–water partition coefficient (Wildman–Crippen LogP) is 1.61. The second kappa shape index (κ2) is 3.55. The molecule has 0 fully saturated rings. The minimum atomic E-state index is 0.483. The topological polar surface area (TPSA) is 69.6 Å². The molecule has 0 aliphatic rings. The Labute approximate surface area is 98.0 Å². The standard InChI is InChI=1S/C12H11N5/c1-17-6-10(14-7-17)12-15-9-5-3-2-4-8(9)11(13)16-12/h2-7H,1H3,(H2,13,15,16). The maximum atomic E-state index is 5.92. The SMILES string of the molecule is Cn1cnc(-c2nc(N)c3ccccc3n2)c1. The summed E-state index contributed by atoms with van der Waals surface area (Å²) in [6, 6.07) is 7.67. The van der Waals surface area contributed by atoms with E-state index in [0.29, 0.717) is 11.6 Å². The zero-order valence-electron chi connectivity index (χ0n) is 9.33. The van der Waals surface area contributed by atoms with E-state index in [1.807, 2.05) is 42.1 Å². The van der Waals surface area contributed by atoms with Crippen molar-refractivity contribution in [2.45, 2.75) is 0 Å². The summed E-state index contributed by atoms with van der Waals surface area (Å²) >= 11 is 0. The van der Waals surface area contributed by atoms with Gasteiger partial charge >= 0.3 is 0 Å². The van der Waals surface area contributed by atoms with Crippen molar-refractivity contribution in [2.24, 2.45) is 7.05 Å². The highest BCUT2D eigenvalue weighted by atomic mass is 15.0. The Morgan fingerprint density at radius 3 is 2.76 bits per heavy atom. The molecule has 0 unspecified atom stereocenters. The van der Waals surface area contributed by atoms with E-state index >= 15 is 0 Å². The summed E-state index contributed by atoms with van der Waals surface area (Å²) in [6.45, 7) is 0. The molecular weight excluding hydrogens is 214 g/mol. The molecule has 3 rings (SSSR count). The molecule has 0 bridgehead atoms. The van der Waals surface area contributed by atoms with Crippen LogP contribution in [0.5, 0.6) is 0 Å². The molecule has 0 radical (unpaired) electrons. The summed E-state index contributed by atoms with van der Waals surface area (Å²) in [7, 11) is 1.90. The lowest BCUT2D eigenvalue weighted by Crippen LogP contribution is -1.97. The van der Waals surface area contributed by atoms with Crippen molar-refractivity contribution in [1.82, 2.24) is 19.5 Å². The largest absolute Gasteiger partial charge is 0.383 e. The van der Waals surface area contributed by atoms with Crippen LogP contribution in [0.2, 0.25) is 0 Å². The van der Waals surface area contributed by atoms with E-state index in [9.17, 15) is 0 Å². The third-order valence-corrected chi connectivity index (χ3v) is 2.57. The van der Waals surface area contributed by atoms with Gasteiger partial charge < -0.3 is 10.3 Å². The van der Waals surface area contributed by atoms with Crippen molar-refractivity contribution in [3.63, 3.8) is 0 Å². The molecule has 5 nitrogen and oxygen atoms in total. The van der Waals surface area contributed by atoms with Gasteiger partial charge in [0.25, 0.3) is 0 Å². The summed E-state index contributed by atoms with van der Waals surface area (Å²) < 4.78 is 1.85. The van der Waals surface area contributed by atoms with E-state index in [1.54, 1.807) is 6.33 Å². The number of fused-ring (bicyclic) bond motifs is 1. The second-order valence-corrected chi connectivity index (χ2v) is 3.87. The third-order valence-electron chi connectivity index (χ3n) is 2.57. The van der Waals surface area contributed by atoms with E-state index < -0.39 is 0 Å². The molecular formula is C12H11N5. The summed E-state index contributed by atoms with van der Waals surface area (Å²) in [6.07, 6.45) is 3.58. The highest BCUT2D eigenvalue weighted by Gasteiger charge is 2.08. The average Bonchev–Trinajstić information content (AvgIpc) is 2.76. The molecule has 0 saturated heterocycles. The highest BCUT2D eigenvalue weighted by molar-refractivity contribution is 5.89. The number of nitrogens with two attached hydrogens (primary N) is 1. The van der Waals surface area contributed by atoms with Gasteiger partial charge in [-0.05, 0) is 12.1 Å². The Balaban J connectivity index is 2.25. The average molecular weight is 225 g/mol. The van der Waals surface area contributed by atoms with Gasteiger partial charge in [-0.25, -0.2) is 15.0 Å². The Morgan fingerprint density at radius 1 is 1.18 bits per heavy atom. The van der Waals surface area contributed by atoms with Gasteiger partial charge in [0.05, 0.1) is 11.8 Å². The number of rotatable bonds is 1. The number of aromatic nitrogens is 4. The normalized spacial score (nSPS) is 10.9. The number of imidazole rings is 1. The van der Waals surface area contributed by atoms with E-state index in [-0.39, 0.29) is 0 Å². The van der Waals surface area contributed by atoms with Crippen LogP contribution in [0.1, 0.15) is 0 Å². The number of anilines is 1. The molecule has 3 aromatic rings. The first-order valence-electron chi connectivity index (χ1n) is 5.24. The molecule has 0 atom stereocenters. The van der Waals surface area contributed by atoms with Crippen LogP contribution in [0, 0.1) is 0 Å². The Bertz CT molecular complexity index is 686. The summed E-state index contributed by atoms with van der Waals surface area (Å²) in [5, 5.41) is 0.868. The van der Waals surface area contributed by atoms with Gasteiger partial charge in [0, 0.05) is 18.6 Å². The van der Waals surface area contributed by atoms with Crippen molar-refractivity contribution in [2.75, 3.05) is 5.73 Å². The van der Waals surface area contributed by atoms with Crippen LogP contribution < -0.4 is 5.73 Å². The van der Waals surface area contributed by atoms with Crippen LogP contribution >= 0.6 is 0 Å². The molecule has 5 heteroatoms. The third kappa shape index (κ3) is 1.61. The van der Waals surface area contributed by atoms with Gasteiger partial charge in [-0.1, -0.05) is 12.1 Å². The first-order chi connectivity index (χ1) is 8.24. The maximum absolute atomic E-state index is 5.92. The van der Waals surface area contributed by atoms with Crippen LogP contribution in [-0.2, 0) is 7.05 Å². The maximum Gasteiger partial charge on any atom is 0.182 e. The highest BCUT2D eigenvalue weighted by Crippen LogP contribution is 2.21. The van der Waals surface area contributed by atoms with Crippen LogP contribution in [-0.4, -0.2) is 19.5 Å². The van der Waals surface area contributed by atoms with Crippen molar-refractivity contribution in [3.8, 4) is 11.5 Å². The van der Waals surface area contributed by atoms with Gasteiger partial charge in [-0.3, -0.25) is 0 Å².